The van der Waals surface area contributed by atoms with Gasteiger partial charge < -0.3 is 19.7 Å². The Balaban J connectivity index is 0.000000360. The Kier molecular flexibility index (Phi) is 7.16. The molecule has 1 saturated carbocycles. The molecule has 1 aromatic heterocycles. The summed E-state index contributed by atoms with van der Waals surface area (Å²) in [6, 6.07) is 3.85. The van der Waals surface area contributed by atoms with Crippen LogP contribution in [0.3, 0.4) is 0 Å². The average Bonchev–Trinajstić information content (AvgIpc) is 3.14. The lowest BCUT2D eigenvalue weighted by molar-refractivity contribution is -0.192. The number of halogens is 3. The molecule has 178 valence electrons. The summed E-state index contributed by atoms with van der Waals surface area (Å²) >= 11 is 0. The van der Waals surface area contributed by atoms with Crippen molar-refractivity contribution >= 4 is 17.8 Å². The van der Waals surface area contributed by atoms with E-state index in [9.17, 15) is 22.8 Å². The van der Waals surface area contributed by atoms with Gasteiger partial charge in [0.1, 0.15) is 17.6 Å². The monoisotopic (exact) mass is 459 g/mol. The molecule has 0 spiro atoms. The van der Waals surface area contributed by atoms with Crippen LogP contribution < -0.4 is 5.32 Å². The van der Waals surface area contributed by atoms with Crippen LogP contribution in [0, 0.1) is 18.8 Å². The number of nitrogens with one attached hydrogen (secondary N) is 1. The van der Waals surface area contributed by atoms with E-state index in [1.807, 2.05) is 24.0 Å². The molecule has 4 rings (SSSR count). The molecule has 3 fully saturated rings. The molecule has 0 radical (unpaired) electrons. The number of rotatable bonds is 5. The van der Waals surface area contributed by atoms with Crippen LogP contribution in [0.4, 0.5) is 13.2 Å². The summed E-state index contributed by atoms with van der Waals surface area (Å²) in [5.41, 5.74) is 0. The van der Waals surface area contributed by atoms with Gasteiger partial charge in [-0.15, -0.1) is 0 Å². The number of aryl methyl sites for hydroxylation is 1. The first kappa shape index (κ1) is 24.1. The van der Waals surface area contributed by atoms with Crippen LogP contribution in [0.25, 0.3) is 0 Å². The van der Waals surface area contributed by atoms with Gasteiger partial charge in [0, 0.05) is 32.6 Å². The van der Waals surface area contributed by atoms with Gasteiger partial charge in [-0.1, -0.05) is 0 Å². The fraction of sp³-hybridized carbons (Fsp3) is 0.667. The standard InChI is InChI=1S/C19H27N3O3.C2HF3O2/c1-12-3-6-16(25-12)10-21-9-15-7-17(19(24)20-8-14-4-5-14)22(13(2)23)18(15)11-21;3-2(4,5)1(6)7/h3,6,14-15,17-18H,4-5,7-11H2,1-2H3,(H,20,24);(H,6,7)/t15-,17-,18+;/m1./s1. The molecule has 3 aliphatic rings. The number of likely N-dealkylation sites (tertiary alicyclic amines) is 2. The number of hydrogen-bond acceptors (Lipinski definition) is 5. The molecule has 1 aromatic rings. The molecular formula is C21H28F3N3O5. The zero-order chi connectivity index (χ0) is 23.6. The van der Waals surface area contributed by atoms with Crippen molar-refractivity contribution in [2.45, 2.75) is 57.9 Å². The van der Waals surface area contributed by atoms with Crippen LogP contribution in [-0.4, -0.2) is 70.6 Å². The molecule has 0 unspecified atom stereocenters. The van der Waals surface area contributed by atoms with Crippen molar-refractivity contribution in [3.05, 3.63) is 23.7 Å². The number of hydrogen-bond donors (Lipinski definition) is 2. The van der Waals surface area contributed by atoms with Gasteiger partial charge in [0.2, 0.25) is 11.8 Å². The minimum absolute atomic E-state index is 0.00904. The molecule has 0 bridgehead atoms. The molecule has 0 aromatic carbocycles. The van der Waals surface area contributed by atoms with Crippen LogP contribution in [0.5, 0.6) is 0 Å². The van der Waals surface area contributed by atoms with Crippen LogP contribution in [0.15, 0.2) is 16.5 Å². The third-order valence-electron chi connectivity index (χ3n) is 6.05. The molecule has 3 atom stereocenters. The third kappa shape index (κ3) is 6.02. The summed E-state index contributed by atoms with van der Waals surface area (Å²) in [6.07, 6.45) is -1.88. The van der Waals surface area contributed by atoms with Crippen LogP contribution in [0.1, 0.15) is 37.7 Å². The zero-order valence-corrected chi connectivity index (χ0v) is 18.0. The van der Waals surface area contributed by atoms with E-state index < -0.39 is 12.1 Å². The summed E-state index contributed by atoms with van der Waals surface area (Å²) < 4.78 is 37.4. The fourth-order valence-corrected chi connectivity index (χ4v) is 4.41. The van der Waals surface area contributed by atoms with E-state index in [0.29, 0.717) is 11.8 Å². The molecule has 11 heteroatoms. The average molecular weight is 459 g/mol. The summed E-state index contributed by atoms with van der Waals surface area (Å²) in [5, 5.41) is 10.2. The molecule has 32 heavy (non-hydrogen) atoms. The van der Waals surface area contributed by atoms with Crippen molar-refractivity contribution in [2.75, 3.05) is 19.6 Å². The minimum Gasteiger partial charge on any atom is -0.475 e. The Morgan fingerprint density at radius 1 is 1.22 bits per heavy atom. The zero-order valence-electron chi connectivity index (χ0n) is 18.0. The highest BCUT2D eigenvalue weighted by molar-refractivity contribution is 5.88. The quantitative estimate of drug-likeness (QED) is 0.700. The first-order valence-electron chi connectivity index (χ1n) is 10.6. The number of fused-ring (bicyclic) bond motifs is 1. The van der Waals surface area contributed by atoms with E-state index in [2.05, 4.69) is 10.2 Å². The van der Waals surface area contributed by atoms with E-state index >= 15 is 0 Å². The minimum atomic E-state index is -5.08. The maximum atomic E-state index is 12.6. The first-order valence-corrected chi connectivity index (χ1v) is 10.6. The van der Waals surface area contributed by atoms with E-state index in [1.165, 1.54) is 12.8 Å². The van der Waals surface area contributed by atoms with Gasteiger partial charge in [0.05, 0.1) is 6.54 Å². The maximum absolute atomic E-state index is 12.6. The summed E-state index contributed by atoms with van der Waals surface area (Å²) in [7, 11) is 0. The molecule has 1 aliphatic carbocycles. The van der Waals surface area contributed by atoms with E-state index in [-0.39, 0.29) is 23.9 Å². The molecule has 3 heterocycles. The largest absolute Gasteiger partial charge is 0.490 e. The van der Waals surface area contributed by atoms with Gasteiger partial charge in [-0.05, 0) is 50.2 Å². The summed E-state index contributed by atoms with van der Waals surface area (Å²) in [5.74, 6) is 0.198. The Hall–Kier alpha value is -2.56. The number of carbonyl (C=O) groups is 3. The number of aliphatic carboxylic acids is 1. The predicted molar refractivity (Wildman–Crippen MR) is 106 cm³/mol. The van der Waals surface area contributed by atoms with E-state index in [0.717, 1.165) is 44.1 Å². The molecule has 2 saturated heterocycles. The number of alkyl halides is 3. The number of carboxylic acid groups (broad SMARTS) is 1. The summed E-state index contributed by atoms with van der Waals surface area (Å²) in [6.45, 7) is 6.80. The maximum Gasteiger partial charge on any atom is 0.490 e. The number of amides is 2. The second kappa shape index (κ2) is 9.51. The number of carbonyl (C=O) groups excluding carboxylic acids is 2. The lowest BCUT2D eigenvalue weighted by Crippen LogP contribution is -2.50. The second-order valence-corrected chi connectivity index (χ2v) is 8.70. The van der Waals surface area contributed by atoms with Crippen LogP contribution in [-0.2, 0) is 20.9 Å². The Labute approximate surface area is 183 Å². The number of nitrogens with zero attached hydrogens (tertiary/aromatic N) is 2. The number of furan rings is 1. The molecular weight excluding hydrogens is 431 g/mol. The van der Waals surface area contributed by atoms with Gasteiger partial charge in [-0.25, -0.2) is 4.79 Å². The molecule has 2 aliphatic heterocycles. The Morgan fingerprint density at radius 3 is 2.38 bits per heavy atom. The van der Waals surface area contributed by atoms with Crippen molar-refractivity contribution in [3.63, 3.8) is 0 Å². The van der Waals surface area contributed by atoms with Gasteiger partial charge in [-0.2, -0.15) is 13.2 Å². The van der Waals surface area contributed by atoms with Crippen molar-refractivity contribution in [1.29, 1.82) is 0 Å². The second-order valence-electron chi connectivity index (χ2n) is 8.70. The lowest BCUT2D eigenvalue weighted by Gasteiger charge is -2.29. The highest BCUT2D eigenvalue weighted by atomic mass is 19.4. The van der Waals surface area contributed by atoms with E-state index in [4.69, 9.17) is 14.3 Å². The normalized spacial score (nSPS) is 25.2. The van der Waals surface area contributed by atoms with Gasteiger partial charge >= 0.3 is 12.1 Å². The van der Waals surface area contributed by atoms with Gasteiger partial charge in [0.15, 0.2) is 0 Å². The van der Waals surface area contributed by atoms with Gasteiger partial charge in [0.25, 0.3) is 0 Å². The molecule has 2 amide bonds. The molecule has 8 nitrogen and oxygen atoms in total. The highest BCUT2D eigenvalue weighted by Crippen LogP contribution is 2.37. The third-order valence-corrected chi connectivity index (χ3v) is 6.05. The highest BCUT2D eigenvalue weighted by Gasteiger charge is 2.50. The van der Waals surface area contributed by atoms with Crippen molar-refractivity contribution < 1.29 is 37.1 Å². The SMILES string of the molecule is CC(=O)N1[C@@H](C(=O)NCC2CC2)C[C@@H]2CN(Cc3ccc(C)o3)C[C@@H]21.O=C(O)C(F)(F)F. The van der Waals surface area contributed by atoms with Crippen molar-refractivity contribution in [2.24, 2.45) is 11.8 Å². The van der Waals surface area contributed by atoms with Crippen molar-refractivity contribution in [1.82, 2.24) is 15.1 Å². The topological polar surface area (TPSA) is 103 Å². The van der Waals surface area contributed by atoms with Crippen LogP contribution in [0.2, 0.25) is 0 Å². The lowest BCUT2D eigenvalue weighted by atomic mass is 10.0. The first-order chi connectivity index (χ1) is 15.0. The summed E-state index contributed by atoms with van der Waals surface area (Å²) in [4.78, 5) is 37.9. The smallest absolute Gasteiger partial charge is 0.475 e. The van der Waals surface area contributed by atoms with Crippen LogP contribution >= 0.6 is 0 Å². The van der Waals surface area contributed by atoms with E-state index in [1.54, 1.807) is 6.92 Å². The fourth-order valence-electron chi connectivity index (χ4n) is 4.41. The van der Waals surface area contributed by atoms with Gasteiger partial charge in [-0.3, -0.25) is 14.5 Å². The predicted octanol–water partition coefficient (Wildman–Crippen LogP) is 2.17. The Morgan fingerprint density at radius 2 is 1.88 bits per heavy atom. The number of carboxylic acids is 1. The molecule has 2 N–H and O–H groups in total. The Bertz CT molecular complexity index is 852. The van der Waals surface area contributed by atoms with Crippen molar-refractivity contribution in [3.8, 4) is 0 Å².